The number of fused-ring (bicyclic) bond motifs is 1. The predicted octanol–water partition coefficient (Wildman–Crippen LogP) is 2.81. The van der Waals surface area contributed by atoms with Crippen molar-refractivity contribution >= 4 is 29.1 Å². The van der Waals surface area contributed by atoms with Gasteiger partial charge in [0.25, 0.3) is 0 Å². The van der Waals surface area contributed by atoms with Gasteiger partial charge in [0, 0.05) is 18.1 Å². The molecule has 3 aliphatic rings. The van der Waals surface area contributed by atoms with Crippen LogP contribution in [0.15, 0.2) is 34.5 Å². The molecule has 0 bridgehead atoms. The lowest BCUT2D eigenvalue weighted by Gasteiger charge is -2.27. The fourth-order valence-corrected chi connectivity index (χ4v) is 3.65. The van der Waals surface area contributed by atoms with E-state index in [1.807, 2.05) is 0 Å². The van der Waals surface area contributed by atoms with Crippen LogP contribution < -0.4 is 0 Å². The van der Waals surface area contributed by atoms with E-state index in [2.05, 4.69) is 4.99 Å². The molecular formula is C16H11ClFNO3. The highest BCUT2D eigenvalue weighted by Crippen LogP contribution is 2.46. The third-order valence-corrected chi connectivity index (χ3v) is 4.72. The zero-order chi connectivity index (χ0) is 15.4. The van der Waals surface area contributed by atoms with Crippen LogP contribution in [0.3, 0.4) is 0 Å². The molecule has 0 N–H and O–H groups in total. The van der Waals surface area contributed by atoms with Crippen molar-refractivity contribution in [1.82, 2.24) is 0 Å². The Hall–Kier alpha value is -2.01. The number of hydrogen-bond donors (Lipinski definition) is 0. The Morgan fingerprint density at radius 2 is 2.05 bits per heavy atom. The molecule has 22 heavy (non-hydrogen) atoms. The SMILES string of the molecule is O=C1OCC2=C1C(c1ccc(F)c(Cl)c1)C1C(=O)CCC1=N2. The Balaban J connectivity index is 1.90. The molecule has 1 fully saturated rings. The van der Waals surface area contributed by atoms with Crippen LogP contribution in [0.1, 0.15) is 24.3 Å². The van der Waals surface area contributed by atoms with Crippen LogP contribution in [0.4, 0.5) is 4.39 Å². The molecule has 1 aromatic carbocycles. The topological polar surface area (TPSA) is 55.7 Å². The van der Waals surface area contributed by atoms with Gasteiger partial charge in [-0.1, -0.05) is 17.7 Å². The average molecular weight is 320 g/mol. The molecule has 1 saturated carbocycles. The van der Waals surface area contributed by atoms with E-state index in [4.69, 9.17) is 16.3 Å². The summed E-state index contributed by atoms with van der Waals surface area (Å²) < 4.78 is 18.5. The van der Waals surface area contributed by atoms with E-state index in [1.54, 1.807) is 6.07 Å². The summed E-state index contributed by atoms with van der Waals surface area (Å²) >= 11 is 5.87. The fourth-order valence-electron chi connectivity index (χ4n) is 3.46. The van der Waals surface area contributed by atoms with Crippen LogP contribution in [-0.2, 0) is 14.3 Å². The molecule has 2 atom stereocenters. The number of carbonyl (C=O) groups is 2. The van der Waals surface area contributed by atoms with Crippen molar-refractivity contribution in [2.45, 2.75) is 18.8 Å². The molecule has 0 radical (unpaired) electrons. The van der Waals surface area contributed by atoms with Gasteiger partial charge in [0.1, 0.15) is 18.2 Å². The standard InChI is InChI=1S/C16H11ClFNO3/c17-8-5-7(1-2-9(8)18)13-14-10(3-4-12(14)20)19-11-6-22-16(21)15(11)13/h1-2,5,13-14H,3-4,6H2. The van der Waals surface area contributed by atoms with Crippen molar-refractivity contribution in [3.63, 3.8) is 0 Å². The Morgan fingerprint density at radius 3 is 2.82 bits per heavy atom. The van der Waals surface area contributed by atoms with Gasteiger partial charge in [0.2, 0.25) is 0 Å². The second kappa shape index (κ2) is 4.74. The monoisotopic (exact) mass is 319 g/mol. The molecule has 2 aliphatic heterocycles. The number of benzene rings is 1. The minimum atomic E-state index is -0.531. The first-order valence-corrected chi connectivity index (χ1v) is 7.39. The number of ketones is 1. The van der Waals surface area contributed by atoms with Crippen molar-refractivity contribution in [2.75, 3.05) is 6.61 Å². The van der Waals surface area contributed by atoms with Crippen LogP contribution in [0, 0.1) is 11.7 Å². The molecule has 1 aliphatic carbocycles. The molecule has 1 aromatic rings. The quantitative estimate of drug-likeness (QED) is 0.748. The van der Waals surface area contributed by atoms with E-state index in [0.29, 0.717) is 29.7 Å². The Bertz CT molecular complexity index is 784. The number of hydrogen-bond acceptors (Lipinski definition) is 4. The van der Waals surface area contributed by atoms with Crippen LogP contribution >= 0.6 is 11.6 Å². The largest absolute Gasteiger partial charge is 0.456 e. The van der Waals surface area contributed by atoms with Gasteiger partial charge in [-0.25, -0.2) is 9.18 Å². The van der Waals surface area contributed by atoms with Gasteiger partial charge in [-0.05, 0) is 24.1 Å². The predicted molar refractivity (Wildman–Crippen MR) is 77.3 cm³/mol. The average Bonchev–Trinajstić information content (AvgIpc) is 3.05. The van der Waals surface area contributed by atoms with Crippen molar-refractivity contribution in [3.05, 3.63) is 45.9 Å². The Morgan fingerprint density at radius 1 is 1.23 bits per heavy atom. The molecule has 2 heterocycles. The Kier molecular flexibility index (Phi) is 2.94. The first-order chi connectivity index (χ1) is 10.6. The summed E-state index contributed by atoms with van der Waals surface area (Å²) in [5, 5.41) is -0.0273. The van der Waals surface area contributed by atoms with Gasteiger partial charge < -0.3 is 4.74 Å². The van der Waals surface area contributed by atoms with Gasteiger partial charge >= 0.3 is 5.97 Å². The number of cyclic esters (lactones) is 1. The lowest BCUT2D eigenvalue weighted by atomic mass is 9.76. The molecule has 4 nitrogen and oxygen atoms in total. The molecular weight excluding hydrogens is 309 g/mol. The lowest BCUT2D eigenvalue weighted by molar-refractivity contribution is -0.136. The van der Waals surface area contributed by atoms with Crippen molar-refractivity contribution in [1.29, 1.82) is 0 Å². The molecule has 4 rings (SSSR count). The summed E-state index contributed by atoms with van der Waals surface area (Å²) in [6.45, 7) is 0.129. The molecule has 0 amide bonds. The van der Waals surface area contributed by atoms with Crippen LogP contribution in [0.5, 0.6) is 0 Å². The second-order valence-electron chi connectivity index (χ2n) is 5.63. The number of rotatable bonds is 1. The summed E-state index contributed by atoms with van der Waals surface area (Å²) in [6, 6.07) is 4.30. The second-order valence-corrected chi connectivity index (χ2v) is 6.04. The smallest absolute Gasteiger partial charge is 0.337 e. The maximum atomic E-state index is 13.4. The van der Waals surface area contributed by atoms with Gasteiger partial charge in [-0.3, -0.25) is 9.79 Å². The number of esters is 1. The third kappa shape index (κ3) is 1.85. The van der Waals surface area contributed by atoms with Gasteiger partial charge in [0.15, 0.2) is 0 Å². The van der Waals surface area contributed by atoms with E-state index in [1.165, 1.54) is 12.1 Å². The summed E-state index contributed by atoms with van der Waals surface area (Å²) in [6.07, 6.45) is 1.02. The minimum absolute atomic E-state index is 0.0273. The van der Waals surface area contributed by atoms with E-state index < -0.39 is 23.6 Å². The van der Waals surface area contributed by atoms with Crippen LogP contribution in [0.2, 0.25) is 5.02 Å². The number of ether oxygens (including phenoxy) is 1. The zero-order valence-electron chi connectivity index (χ0n) is 11.4. The number of aliphatic imine (C=N–C) groups is 1. The summed E-state index contributed by atoms with van der Waals surface area (Å²) in [5.74, 6) is -1.88. The molecule has 6 heteroatoms. The van der Waals surface area contributed by atoms with Gasteiger partial charge in [-0.2, -0.15) is 0 Å². The fraction of sp³-hybridized carbons (Fsp3) is 0.312. The number of nitrogens with zero attached hydrogens (tertiary/aromatic N) is 1. The molecule has 0 saturated heterocycles. The number of halogens is 2. The summed E-state index contributed by atoms with van der Waals surface area (Å²) in [5.41, 5.74) is 2.42. The minimum Gasteiger partial charge on any atom is -0.456 e. The molecule has 112 valence electrons. The normalized spacial score (nSPS) is 26.7. The molecule has 2 unspecified atom stereocenters. The summed E-state index contributed by atoms with van der Waals surface area (Å²) in [4.78, 5) is 28.8. The van der Waals surface area contributed by atoms with E-state index >= 15 is 0 Å². The maximum Gasteiger partial charge on any atom is 0.337 e. The highest BCUT2D eigenvalue weighted by atomic mass is 35.5. The molecule has 0 spiro atoms. The third-order valence-electron chi connectivity index (χ3n) is 4.43. The van der Waals surface area contributed by atoms with E-state index in [9.17, 15) is 14.0 Å². The van der Waals surface area contributed by atoms with E-state index in [-0.39, 0.29) is 17.4 Å². The van der Waals surface area contributed by atoms with E-state index in [0.717, 1.165) is 5.71 Å². The number of Topliss-reactive ketones (excluding diaryl/α,β-unsaturated/α-hetero) is 1. The molecule has 0 aromatic heterocycles. The first kappa shape index (κ1) is 13.6. The summed E-state index contributed by atoms with van der Waals surface area (Å²) in [7, 11) is 0. The van der Waals surface area contributed by atoms with Crippen LogP contribution in [0.25, 0.3) is 0 Å². The lowest BCUT2D eigenvalue weighted by Crippen LogP contribution is -2.29. The van der Waals surface area contributed by atoms with Crippen molar-refractivity contribution in [3.8, 4) is 0 Å². The van der Waals surface area contributed by atoms with Crippen molar-refractivity contribution < 1.29 is 18.7 Å². The maximum absolute atomic E-state index is 13.4. The zero-order valence-corrected chi connectivity index (χ0v) is 12.2. The Labute approximate surface area is 130 Å². The highest BCUT2D eigenvalue weighted by Gasteiger charge is 2.47. The van der Waals surface area contributed by atoms with Crippen LogP contribution in [-0.4, -0.2) is 24.1 Å². The highest BCUT2D eigenvalue weighted by molar-refractivity contribution is 6.30. The van der Waals surface area contributed by atoms with Crippen molar-refractivity contribution in [2.24, 2.45) is 10.9 Å². The first-order valence-electron chi connectivity index (χ1n) is 7.01. The van der Waals surface area contributed by atoms with Gasteiger partial charge in [0.05, 0.1) is 22.2 Å². The van der Waals surface area contributed by atoms with Gasteiger partial charge in [-0.15, -0.1) is 0 Å². The number of carbonyl (C=O) groups excluding carboxylic acids is 2.